The maximum Gasteiger partial charge on any atom is 2.00 e. The summed E-state index contributed by atoms with van der Waals surface area (Å²) in [4.78, 5) is 42.2. The van der Waals surface area contributed by atoms with Crippen LogP contribution in [0, 0.1) is 0 Å². The Labute approximate surface area is 208 Å². The molecule has 0 aromatic rings. The molecule has 0 spiro atoms. The molecule has 18 heteroatoms. The minimum Gasteiger partial charge on any atom is -0.565 e. The monoisotopic (exact) mass is 408 g/mol. The number of hydrogen-bond donors (Lipinski definition) is 5. The van der Waals surface area contributed by atoms with Gasteiger partial charge in [0, 0.05) is 0 Å². The second kappa shape index (κ2) is 43.1. The first-order chi connectivity index (χ1) is 8.66. The first-order valence-corrected chi connectivity index (χ1v) is 3.16. The van der Waals surface area contributed by atoms with E-state index in [0.29, 0.717) is 0 Å². The number of hydrogen-bond acceptors (Lipinski definition) is 10. The van der Waals surface area contributed by atoms with Crippen LogP contribution in [0.4, 0.5) is 24.0 Å². The van der Waals surface area contributed by atoms with Crippen molar-refractivity contribution in [2.24, 2.45) is 0 Å². The second-order valence-corrected chi connectivity index (χ2v) is 1.33. The molecule has 5 N–H and O–H groups in total. The third kappa shape index (κ3) is 507000. The Morgan fingerprint density at radius 1 is 0.435 bits per heavy atom. The third-order valence-corrected chi connectivity index (χ3v) is 0. The summed E-state index contributed by atoms with van der Waals surface area (Å²) in [5.41, 5.74) is 0. The SMILES string of the molecule is O=C([O-])O.O=C([O-])O.O=C([O-])O.O=C([O-])O.O=C([O-])O.[Ca+2].[Ca+2].[Na+]. The summed E-state index contributed by atoms with van der Waals surface area (Å²) in [6, 6.07) is 0. The quantitative estimate of drug-likeness (QED) is 0.232. The molecule has 0 aliphatic rings. The summed E-state index contributed by atoms with van der Waals surface area (Å²) in [6.07, 6.45) is -10.4. The molecule has 23 heavy (non-hydrogen) atoms. The zero-order valence-electron chi connectivity index (χ0n) is 11.2. The van der Waals surface area contributed by atoms with Crippen LogP contribution in [0.1, 0.15) is 0 Å². The Morgan fingerprint density at radius 2 is 0.435 bits per heavy atom. The molecule has 0 aliphatic carbocycles. The predicted octanol–water partition coefficient (Wildman–Crippen LogP) is -9.32. The van der Waals surface area contributed by atoms with Crippen LogP contribution in [0.15, 0.2) is 0 Å². The van der Waals surface area contributed by atoms with Gasteiger partial charge in [0.05, 0.1) is 0 Å². The molecule has 0 unspecified atom stereocenters. The van der Waals surface area contributed by atoms with Crippen LogP contribution in [0.3, 0.4) is 0 Å². The summed E-state index contributed by atoms with van der Waals surface area (Å²) in [7, 11) is 0. The summed E-state index contributed by atoms with van der Waals surface area (Å²) >= 11 is 0. The van der Waals surface area contributed by atoms with Crippen molar-refractivity contribution in [1.29, 1.82) is 0 Å². The van der Waals surface area contributed by atoms with Crippen molar-refractivity contribution < 1.29 is 105 Å². The van der Waals surface area contributed by atoms with Crippen molar-refractivity contribution in [2.75, 3.05) is 0 Å². The molecule has 0 rings (SSSR count). The average molecular weight is 408 g/mol. The van der Waals surface area contributed by atoms with Gasteiger partial charge in [0.15, 0.2) is 0 Å². The third-order valence-electron chi connectivity index (χ3n) is 0. The molecule has 0 aromatic heterocycles. The molecule has 0 fully saturated rings. The van der Waals surface area contributed by atoms with Gasteiger partial charge in [0.2, 0.25) is 30.8 Å². The fourth-order valence-corrected chi connectivity index (χ4v) is 0. The Balaban J connectivity index is -0.0000000197. The topological polar surface area (TPSA) is 302 Å². The van der Waals surface area contributed by atoms with E-state index in [1.54, 1.807) is 0 Å². The van der Waals surface area contributed by atoms with E-state index in [0.717, 1.165) is 0 Å². The van der Waals surface area contributed by atoms with Gasteiger partial charge in [-0.05, 0) is 0 Å². The molecule has 120 valence electrons. The molecular formula is C5H5Ca2NaO15. The van der Waals surface area contributed by atoms with E-state index >= 15 is 0 Å². The molecule has 0 aliphatic heterocycles. The Morgan fingerprint density at radius 3 is 0.435 bits per heavy atom. The fraction of sp³-hybridized carbons (Fsp3) is 0. The van der Waals surface area contributed by atoms with Gasteiger partial charge in [0.25, 0.3) is 0 Å². The van der Waals surface area contributed by atoms with E-state index in [2.05, 4.69) is 0 Å². The zero-order chi connectivity index (χ0) is 17.9. The maximum absolute atomic E-state index is 8.44. The minimum atomic E-state index is -2.08. The summed E-state index contributed by atoms with van der Waals surface area (Å²) < 4.78 is 0. The predicted molar refractivity (Wildman–Crippen MR) is 51.6 cm³/mol. The largest absolute Gasteiger partial charge is 2.00 e. The van der Waals surface area contributed by atoms with Crippen molar-refractivity contribution >= 4 is 106 Å². The first kappa shape index (κ1) is 49.5. The Hall–Kier alpha value is -0.131. The zero-order valence-corrected chi connectivity index (χ0v) is 17.6. The van der Waals surface area contributed by atoms with Gasteiger partial charge in [-0.25, -0.2) is 0 Å². The smallest absolute Gasteiger partial charge is 0.565 e. The van der Waals surface area contributed by atoms with Gasteiger partial charge in [-0.3, -0.25) is 0 Å². The van der Waals surface area contributed by atoms with Crippen molar-refractivity contribution in [2.45, 2.75) is 0 Å². The van der Waals surface area contributed by atoms with E-state index in [1.807, 2.05) is 0 Å². The van der Waals surface area contributed by atoms with E-state index in [4.69, 9.17) is 75.0 Å². The molecule has 0 amide bonds. The van der Waals surface area contributed by atoms with E-state index in [9.17, 15) is 0 Å². The van der Waals surface area contributed by atoms with Gasteiger partial charge in [0.1, 0.15) is 0 Å². The minimum absolute atomic E-state index is 0. The van der Waals surface area contributed by atoms with Crippen LogP contribution in [0.5, 0.6) is 0 Å². The van der Waals surface area contributed by atoms with Crippen molar-refractivity contribution in [3.8, 4) is 0 Å². The second-order valence-electron chi connectivity index (χ2n) is 1.33. The van der Waals surface area contributed by atoms with Crippen LogP contribution >= 0.6 is 0 Å². The van der Waals surface area contributed by atoms with Crippen LogP contribution in [-0.4, -0.2) is 132 Å². The van der Waals surface area contributed by atoms with Gasteiger partial charge >= 0.3 is 105 Å². The van der Waals surface area contributed by atoms with Crippen LogP contribution in [0.2, 0.25) is 0 Å². The van der Waals surface area contributed by atoms with Crippen molar-refractivity contribution in [1.82, 2.24) is 0 Å². The molecule has 0 bridgehead atoms. The fourth-order valence-electron chi connectivity index (χ4n) is 0. The molecule has 0 radical (unpaired) electrons. The standard InChI is InChI=1S/5CH2O3.2Ca.Na/c5*2-1(3)4;;;/h5*(H2,2,3,4);;;/q;;;;;2*+2;+1/p-5. The summed E-state index contributed by atoms with van der Waals surface area (Å²) in [5, 5.41) is 76.5. The normalized spacial score (nSPS) is 5.22. The van der Waals surface area contributed by atoms with Gasteiger partial charge in [-0.15, -0.1) is 0 Å². The number of rotatable bonds is 0. The van der Waals surface area contributed by atoms with Gasteiger partial charge < -0.3 is 75.0 Å². The summed E-state index contributed by atoms with van der Waals surface area (Å²) in [5.74, 6) is 0. The number of carbonyl (C=O) groups is 5. The van der Waals surface area contributed by atoms with Gasteiger partial charge in [-0.1, -0.05) is 0 Å². The molecule has 0 atom stereocenters. The Bertz CT molecular complexity index is 217. The average Bonchev–Trinajstić information content (AvgIpc) is 1.94. The molecule has 0 saturated carbocycles. The van der Waals surface area contributed by atoms with E-state index in [-0.39, 0.29) is 105 Å². The molecule has 15 nitrogen and oxygen atoms in total. The molecular weight excluding hydrogens is 403 g/mol. The van der Waals surface area contributed by atoms with E-state index < -0.39 is 30.8 Å². The van der Waals surface area contributed by atoms with Gasteiger partial charge in [-0.2, -0.15) is 0 Å². The molecule has 0 aromatic carbocycles. The van der Waals surface area contributed by atoms with Crippen LogP contribution in [-0.2, 0) is 0 Å². The van der Waals surface area contributed by atoms with E-state index in [1.165, 1.54) is 0 Å². The maximum atomic E-state index is 8.44. The van der Waals surface area contributed by atoms with Crippen LogP contribution in [0.25, 0.3) is 0 Å². The van der Waals surface area contributed by atoms with Crippen molar-refractivity contribution in [3.05, 3.63) is 0 Å². The van der Waals surface area contributed by atoms with Crippen LogP contribution < -0.4 is 55.1 Å². The van der Waals surface area contributed by atoms with Crippen molar-refractivity contribution in [3.63, 3.8) is 0 Å². The number of carboxylic acid groups (broad SMARTS) is 10. The first-order valence-electron chi connectivity index (χ1n) is 3.16. The molecule has 0 heterocycles. The summed E-state index contributed by atoms with van der Waals surface area (Å²) in [6.45, 7) is 0. The molecule has 0 saturated heterocycles. The Kier molecular flexibility index (Phi) is 92.7.